The molecule has 1 fully saturated rings. The average molecular weight is 303 g/mol. The third-order valence-corrected chi connectivity index (χ3v) is 5.05. The van der Waals surface area contributed by atoms with Gasteiger partial charge in [-0.3, -0.25) is 4.79 Å². The Hall–Kier alpha value is -1.51. The lowest BCUT2D eigenvalue weighted by Gasteiger charge is -2.34. The first-order valence-corrected chi connectivity index (χ1v) is 8.49. The molecule has 0 spiro atoms. The van der Waals surface area contributed by atoms with Gasteiger partial charge in [-0.15, -0.1) is 0 Å². The zero-order valence-corrected chi connectivity index (χ0v) is 14.3. The maximum Gasteiger partial charge on any atom is 0.226 e. The van der Waals surface area contributed by atoms with Gasteiger partial charge < -0.3 is 9.64 Å². The second-order valence-electron chi connectivity index (χ2n) is 6.59. The molecule has 0 N–H and O–H groups in total. The van der Waals surface area contributed by atoms with Crippen molar-refractivity contribution < 1.29 is 9.53 Å². The average Bonchev–Trinajstić information content (AvgIpc) is 2.55. The summed E-state index contributed by atoms with van der Waals surface area (Å²) in [5, 5.41) is 0. The van der Waals surface area contributed by atoms with Crippen molar-refractivity contribution in [2.45, 2.75) is 46.0 Å². The highest BCUT2D eigenvalue weighted by molar-refractivity contribution is 5.79. The number of ether oxygens (including phenoxy) is 1. The van der Waals surface area contributed by atoms with Crippen LogP contribution in [0, 0.1) is 11.8 Å². The number of hydrogen-bond acceptors (Lipinski definition) is 2. The second kappa shape index (κ2) is 7.66. The molecule has 0 saturated carbocycles. The summed E-state index contributed by atoms with van der Waals surface area (Å²) in [6.07, 6.45) is 3.23. The van der Waals surface area contributed by atoms with Crippen LogP contribution in [0.15, 0.2) is 24.3 Å². The molecule has 2 atom stereocenters. The molecule has 0 bridgehead atoms. The molecule has 0 aromatic heterocycles. The van der Waals surface area contributed by atoms with Crippen LogP contribution < -0.4 is 4.74 Å². The summed E-state index contributed by atoms with van der Waals surface area (Å²) in [4.78, 5) is 14.9. The number of carbonyl (C=O) groups excluding carboxylic acids is 1. The Morgan fingerprint density at radius 1 is 1.36 bits per heavy atom. The summed E-state index contributed by atoms with van der Waals surface area (Å²) in [7, 11) is 1.68. The standard InChI is InChI=1S/C19H29NO2/c1-5-18(16-7-6-8-17(13-16)22-4)15(3)19(21)20-11-9-14(2)10-12-20/h6-8,13-15,18H,5,9-12H2,1-4H3. The van der Waals surface area contributed by atoms with Crippen molar-refractivity contribution in [2.24, 2.45) is 11.8 Å². The van der Waals surface area contributed by atoms with Gasteiger partial charge in [0.1, 0.15) is 5.75 Å². The first kappa shape index (κ1) is 16.9. The quantitative estimate of drug-likeness (QED) is 0.820. The molecule has 22 heavy (non-hydrogen) atoms. The molecule has 3 heteroatoms. The summed E-state index contributed by atoms with van der Waals surface area (Å²) in [6, 6.07) is 8.14. The van der Waals surface area contributed by atoms with Crippen LogP contribution in [0.2, 0.25) is 0 Å². The molecule has 1 heterocycles. The largest absolute Gasteiger partial charge is 0.497 e. The number of nitrogens with zero attached hydrogens (tertiary/aromatic N) is 1. The highest BCUT2D eigenvalue weighted by Gasteiger charge is 2.29. The second-order valence-corrected chi connectivity index (χ2v) is 6.59. The zero-order chi connectivity index (χ0) is 16.1. The Balaban J connectivity index is 2.10. The normalized spacial score (nSPS) is 18.8. The van der Waals surface area contributed by atoms with Crippen LogP contribution in [-0.2, 0) is 4.79 Å². The third kappa shape index (κ3) is 3.82. The fraction of sp³-hybridized carbons (Fsp3) is 0.632. The molecule has 1 aliphatic heterocycles. The van der Waals surface area contributed by atoms with E-state index in [2.05, 4.69) is 37.8 Å². The summed E-state index contributed by atoms with van der Waals surface area (Å²) < 4.78 is 5.32. The zero-order valence-electron chi connectivity index (χ0n) is 14.3. The molecule has 2 unspecified atom stereocenters. The van der Waals surface area contributed by atoms with E-state index in [4.69, 9.17) is 4.74 Å². The summed E-state index contributed by atoms with van der Waals surface area (Å²) in [5.41, 5.74) is 1.20. The molecule has 3 nitrogen and oxygen atoms in total. The number of amides is 1. The predicted molar refractivity (Wildman–Crippen MR) is 90.2 cm³/mol. The van der Waals surface area contributed by atoms with Gasteiger partial charge in [0, 0.05) is 19.0 Å². The number of benzene rings is 1. The molecular weight excluding hydrogens is 274 g/mol. The van der Waals surface area contributed by atoms with Crippen molar-refractivity contribution in [1.82, 2.24) is 4.90 Å². The number of carbonyl (C=O) groups is 1. The molecule has 122 valence electrons. The van der Waals surface area contributed by atoms with Crippen LogP contribution in [-0.4, -0.2) is 31.0 Å². The van der Waals surface area contributed by atoms with E-state index >= 15 is 0 Å². The monoisotopic (exact) mass is 303 g/mol. The van der Waals surface area contributed by atoms with Crippen molar-refractivity contribution in [3.8, 4) is 5.75 Å². The maximum atomic E-state index is 12.8. The van der Waals surface area contributed by atoms with Crippen LogP contribution >= 0.6 is 0 Å². The molecule has 1 amide bonds. The van der Waals surface area contributed by atoms with Gasteiger partial charge in [-0.25, -0.2) is 0 Å². The Morgan fingerprint density at radius 2 is 2.05 bits per heavy atom. The van der Waals surface area contributed by atoms with Gasteiger partial charge in [-0.05, 0) is 48.8 Å². The Kier molecular flexibility index (Phi) is 5.87. The Bertz CT molecular complexity index is 492. The minimum absolute atomic E-state index is 0.0190. The van der Waals surface area contributed by atoms with Crippen LogP contribution in [0.3, 0.4) is 0 Å². The number of likely N-dealkylation sites (tertiary alicyclic amines) is 1. The Morgan fingerprint density at radius 3 is 2.64 bits per heavy atom. The molecule has 1 aromatic rings. The van der Waals surface area contributed by atoms with Crippen molar-refractivity contribution in [3.05, 3.63) is 29.8 Å². The van der Waals surface area contributed by atoms with E-state index < -0.39 is 0 Å². The van der Waals surface area contributed by atoms with E-state index in [-0.39, 0.29) is 11.8 Å². The SMILES string of the molecule is CCC(c1cccc(OC)c1)C(C)C(=O)N1CCC(C)CC1. The van der Waals surface area contributed by atoms with E-state index in [0.29, 0.717) is 5.91 Å². The van der Waals surface area contributed by atoms with Gasteiger partial charge in [0.15, 0.2) is 0 Å². The summed E-state index contributed by atoms with van der Waals surface area (Å²) >= 11 is 0. The van der Waals surface area contributed by atoms with E-state index in [1.165, 1.54) is 5.56 Å². The van der Waals surface area contributed by atoms with Crippen LogP contribution in [0.5, 0.6) is 5.75 Å². The lowest BCUT2D eigenvalue weighted by molar-refractivity contribution is -0.137. The van der Waals surface area contributed by atoms with Crippen LogP contribution in [0.25, 0.3) is 0 Å². The van der Waals surface area contributed by atoms with Gasteiger partial charge in [-0.2, -0.15) is 0 Å². The maximum absolute atomic E-state index is 12.8. The highest BCUT2D eigenvalue weighted by Crippen LogP contribution is 2.32. The van der Waals surface area contributed by atoms with E-state index in [0.717, 1.165) is 44.0 Å². The first-order chi connectivity index (χ1) is 10.6. The first-order valence-electron chi connectivity index (χ1n) is 8.49. The van der Waals surface area contributed by atoms with E-state index in [9.17, 15) is 4.79 Å². The van der Waals surface area contributed by atoms with Crippen LogP contribution in [0.4, 0.5) is 0 Å². The topological polar surface area (TPSA) is 29.5 Å². The van der Waals surface area contributed by atoms with Crippen molar-refractivity contribution in [1.29, 1.82) is 0 Å². The van der Waals surface area contributed by atoms with Gasteiger partial charge in [0.2, 0.25) is 5.91 Å². The number of methoxy groups -OCH3 is 1. The number of hydrogen-bond donors (Lipinski definition) is 0. The summed E-state index contributed by atoms with van der Waals surface area (Å²) in [6.45, 7) is 8.34. The molecule has 2 rings (SSSR count). The lowest BCUT2D eigenvalue weighted by Crippen LogP contribution is -2.42. The van der Waals surface area contributed by atoms with Crippen LogP contribution in [0.1, 0.15) is 51.5 Å². The van der Waals surface area contributed by atoms with Crippen molar-refractivity contribution in [3.63, 3.8) is 0 Å². The lowest BCUT2D eigenvalue weighted by atomic mass is 9.83. The van der Waals surface area contributed by atoms with E-state index in [1.54, 1.807) is 7.11 Å². The van der Waals surface area contributed by atoms with Gasteiger partial charge in [0.25, 0.3) is 0 Å². The molecule has 0 radical (unpaired) electrons. The molecule has 0 aliphatic carbocycles. The minimum Gasteiger partial charge on any atom is -0.497 e. The predicted octanol–water partition coefficient (Wildman–Crippen LogP) is 4.08. The van der Waals surface area contributed by atoms with Gasteiger partial charge in [-0.1, -0.05) is 32.9 Å². The summed E-state index contributed by atoms with van der Waals surface area (Å²) in [5.74, 6) is 2.19. The number of piperidine rings is 1. The Labute approximate surface area is 134 Å². The fourth-order valence-corrected chi connectivity index (χ4v) is 3.44. The third-order valence-electron chi connectivity index (χ3n) is 5.05. The molecule has 1 aliphatic rings. The molecular formula is C19H29NO2. The highest BCUT2D eigenvalue weighted by atomic mass is 16.5. The number of rotatable bonds is 5. The van der Waals surface area contributed by atoms with Crippen molar-refractivity contribution >= 4 is 5.91 Å². The van der Waals surface area contributed by atoms with Gasteiger partial charge in [0.05, 0.1) is 7.11 Å². The molecule has 1 saturated heterocycles. The van der Waals surface area contributed by atoms with Gasteiger partial charge >= 0.3 is 0 Å². The fourth-order valence-electron chi connectivity index (χ4n) is 3.44. The minimum atomic E-state index is 0.0190. The van der Waals surface area contributed by atoms with E-state index in [1.807, 2.05) is 12.1 Å². The van der Waals surface area contributed by atoms with Crippen molar-refractivity contribution in [2.75, 3.05) is 20.2 Å². The smallest absolute Gasteiger partial charge is 0.226 e. The molecule has 1 aromatic carbocycles.